The standard InChI is InChI=1S/C12H11Br2N3/c13-11-7-10(8-12(14)17-11)16-6-4-9-3-1-2-5-15-9/h1-3,5,7-8H,4,6H2,(H,16,17). The van der Waals surface area contributed by atoms with Gasteiger partial charge in [-0.25, -0.2) is 4.98 Å². The van der Waals surface area contributed by atoms with Crippen molar-refractivity contribution in [3.05, 3.63) is 51.4 Å². The van der Waals surface area contributed by atoms with Crippen LogP contribution < -0.4 is 5.32 Å². The second-order valence-corrected chi connectivity index (χ2v) is 5.12. The van der Waals surface area contributed by atoms with Crippen molar-refractivity contribution in [2.24, 2.45) is 0 Å². The fourth-order valence-electron chi connectivity index (χ4n) is 1.45. The third-order valence-corrected chi connectivity index (χ3v) is 3.01. The zero-order chi connectivity index (χ0) is 12.1. The summed E-state index contributed by atoms with van der Waals surface area (Å²) in [7, 11) is 0. The van der Waals surface area contributed by atoms with Crippen LogP contribution in [0.1, 0.15) is 5.69 Å². The van der Waals surface area contributed by atoms with Gasteiger partial charge in [-0.1, -0.05) is 6.07 Å². The van der Waals surface area contributed by atoms with Gasteiger partial charge in [0.2, 0.25) is 0 Å². The number of halogens is 2. The SMILES string of the molecule is Brc1cc(NCCc2ccccn2)cc(Br)n1. The molecule has 0 aliphatic heterocycles. The first-order valence-electron chi connectivity index (χ1n) is 5.21. The number of nitrogens with zero attached hydrogens (tertiary/aromatic N) is 2. The molecule has 17 heavy (non-hydrogen) atoms. The fraction of sp³-hybridized carbons (Fsp3) is 0.167. The number of hydrogen-bond donors (Lipinski definition) is 1. The van der Waals surface area contributed by atoms with Gasteiger partial charge in [0, 0.05) is 30.5 Å². The van der Waals surface area contributed by atoms with Crippen molar-refractivity contribution in [3.63, 3.8) is 0 Å². The van der Waals surface area contributed by atoms with Crippen LogP contribution in [0.4, 0.5) is 5.69 Å². The van der Waals surface area contributed by atoms with Crippen molar-refractivity contribution in [1.82, 2.24) is 9.97 Å². The van der Waals surface area contributed by atoms with E-state index in [-0.39, 0.29) is 0 Å². The first-order chi connectivity index (χ1) is 8.24. The molecule has 0 saturated heterocycles. The van der Waals surface area contributed by atoms with E-state index in [1.54, 1.807) is 0 Å². The fourth-order valence-corrected chi connectivity index (χ4v) is 2.56. The topological polar surface area (TPSA) is 37.8 Å². The highest BCUT2D eigenvalue weighted by atomic mass is 79.9. The third-order valence-electron chi connectivity index (χ3n) is 2.20. The van der Waals surface area contributed by atoms with E-state index in [9.17, 15) is 0 Å². The van der Waals surface area contributed by atoms with Crippen LogP contribution in [0.25, 0.3) is 0 Å². The minimum atomic E-state index is 0.812. The maximum absolute atomic E-state index is 4.27. The summed E-state index contributed by atoms with van der Waals surface area (Å²) in [4.78, 5) is 8.46. The molecule has 0 amide bonds. The average molecular weight is 357 g/mol. The lowest BCUT2D eigenvalue weighted by molar-refractivity contribution is 0.960. The van der Waals surface area contributed by atoms with Crippen LogP contribution in [0.5, 0.6) is 0 Å². The molecule has 0 fully saturated rings. The molecule has 0 aliphatic rings. The molecule has 0 bridgehead atoms. The largest absolute Gasteiger partial charge is 0.384 e. The normalized spacial score (nSPS) is 10.2. The van der Waals surface area contributed by atoms with Crippen molar-refractivity contribution in [2.45, 2.75) is 6.42 Å². The molecule has 2 aromatic rings. The van der Waals surface area contributed by atoms with Crippen LogP contribution in [0.2, 0.25) is 0 Å². The van der Waals surface area contributed by atoms with Gasteiger partial charge < -0.3 is 5.32 Å². The van der Waals surface area contributed by atoms with Gasteiger partial charge in [-0.15, -0.1) is 0 Å². The Labute approximate surface area is 117 Å². The molecule has 2 heterocycles. The minimum Gasteiger partial charge on any atom is -0.384 e. The summed E-state index contributed by atoms with van der Waals surface area (Å²) in [6, 6.07) is 9.85. The molecule has 1 N–H and O–H groups in total. The Hall–Kier alpha value is -0.940. The van der Waals surface area contributed by atoms with Crippen LogP contribution in [-0.2, 0) is 6.42 Å². The summed E-state index contributed by atoms with van der Waals surface area (Å²) in [5, 5.41) is 3.33. The van der Waals surface area contributed by atoms with Gasteiger partial charge in [0.15, 0.2) is 0 Å². The highest BCUT2D eigenvalue weighted by Gasteiger charge is 1.99. The summed E-state index contributed by atoms with van der Waals surface area (Å²) in [5.74, 6) is 0. The molecule has 3 nitrogen and oxygen atoms in total. The molecule has 88 valence electrons. The van der Waals surface area contributed by atoms with Gasteiger partial charge in [-0.2, -0.15) is 0 Å². The average Bonchev–Trinajstić information content (AvgIpc) is 2.29. The summed E-state index contributed by atoms with van der Waals surface area (Å²) in [6.07, 6.45) is 2.72. The third kappa shape index (κ3) is 4.09. The predicted octanol–water partition coefficient (Wildman–Crippen LogP) is 3.66. The van der Waals surface area contributed by atoms with Gasteiger partial charge in [-0.05, 0) is 56.1 Å². The second kappa shape index (κ2) is 6.12. The van der Waals surface area contributed by atoms with E-state index in [1.165, 1.54) is 0 Å². The predicted molar refractivity (Wildman–Crippen MR) is 76.1 cm³/mol. The van der Waals surface area contributed by atoms with Crippen LogP contribution in [0, 0.1) is 0 Å². The van der Waals surface area contributed by atoms with Crippen LogP contribution in [0.3, 0.4) is 0 Å². The molecular weight excluding hydrogens is 346 g/mol. The number of rotatable bonds is 4. The van der Waals surface area contributed by atoms with Crippen molar-refractivity contribution < 1.29 is 0 Å². The smallest absolute Gasteiger partial charge is 0.109 e. The van der Waals surface area contributed by atoms with Crippen molar-refractivity contribution in [2.75, 3.05) is 11.9 Å². The molecule has 0 saturated carbocycles. The number of aromatic nitrogens is 2. The number of pyridine rings is 2. The highest BCUT2D eigenvalue weighted by Crippen LogP contribution is 2.19. The molecule has 5 heteroatoms. The van der Waals surface area contributed by atoms with Gasteiger partial charge in [0.1, 0.15) is 9.21 Å². The lowest BCUT2D eigenvalue weighted by Gasteiger charge is -2.06. The van der Waals surface area contributed by atoms with E-state index in [2.05, 4.69) is 47.1 Å². The zero-order valence-electron chi connectivity index (χ0n) is 9.03. The lowest BCUT2D eigenvalue weighted by atomic mass is 10.2. The molecule has 2 rings (SSSR count). The first-order valence-corrected chi connectivity index (χ1v) is 6.79. The monoisotopic (exact) mass is 355 g/mol. The van der Waals surface area contributed by atoms with E-state index >= 15 is 0 Å². The van der Waals surface area contributed by atoms with Gasteiger partial charge in [0.25, 0.3) is 0 Å². The van der Waals surface area contributed by atoms with Crippen molar-refractivity contribution in [1.29, 1.82) is 0 Å². The van der Waals surface area contributed by atoms with Crippen LogP contribution in [0.15, 0.2) is 45.7 Å². The van der Waals surface area contributed by atoms with Crippen LogP contribution >= 0.6 is 31.9 Å². The molecule has 0 unspecified atom stereocenters. The lowest BCUT2D eigenvalue weighted by Crippen LogP contribution is -2.06. The number of nitrogens with one attached hydrogen (secondary N) is 1. The second-order valence-electron chi connectivity index (χ2n) is 3.50. The van der Waals surface area contributed by atoms with E-state index in [4.69, 9.17) is 0 Å². The molecule has 0 aliphatic carbocycles. The summed E-state index contributed by atoms with van der Waals surface area (Å²) >= 11 is 6.71. The number of hydrogen-bond acceptors (Lipinski definition) is 3. The quantitative estimate of drug-likeness (QED) is 0.849. The van der Waals surface area contributed by atoms with E-state index < -0.39 is 0 Å². The maximum atomic E-state index is 4.27. The van der Waals surface area contributed by atoms with E-state index in [0.29, 0.717) is 0 Å². The molecule has 2 aromatic heterocycles. The summed E-state index contributed by atoms with van der Waals surface area (Å²) in [5.41, 5.74) is 2.13. The van der Waals surface area contributed by atoms with Crippen LogP contribution in [-0.4, -0.2) is 16.5 Å². The van der Waals surface area contributed by atoms with Crippen molar-refractivity contribution >= 4 is 37.5 Å². The Morgan fingerprint density at radius 2 is 1.88 bits per heavy atom. The zero-order valence-corrected chi connectivity index (χ0v) is 12.2. The van der Waals surface area contributed by atoms with E-state index in [1.807, 2.05) is 36.5 Å². The summed E-state index contributed by atoms with van der Waals surface area (Å²) < 4.78 is 1.62. The first kappa shape index (κ1) is 12.5. The number of anilines is 1. The highest BCUT2D eigenvalue weighted by molar-refractivity contribution is 9.11. The summed E-state index contributed by atoms with van der Waals surface area (Å²) in [6.45, 7) is 0.847. The Morgan fingerprint density at radius 1 is 1.12 bits per heavy atom. The Morgan fingerprint density at radius 3 is 2.53 bits per heavy atom. The Balaban J connectivity index is 1.90. The molecule has 0 radical (unpaired) electrons. The molecule has 0 atom stereocenters. The molecule has 0 spiro atoms. The van der Waals surface area contributed by atoms with Gasteiger partial charge in [-0.3, -0.25) is 4.98 Å². The molecule has 0 aromatic carbocycles. The Bertz CT molecular complexity index is 468. The minimum absolute atomic E-state index is 0.812. The van der Waals surface area contributed by atoms with Gasteiger partial charge >= 0.3 is 0 Å². The molecular formula is C12H11Br2N3. The maximum Gasteiger partial charge on any atom is 0.109 e. The van der Waals surface area contributed by atoms with Crippen molar-refractivity contribution in [3.8, 4) is 0 Å². The van der Waals surface area contributed by atoms with E-state index in [0.717, 1.165) is 33.6 Å². The van der Waals surface area contributed by atoms with Gasteiger partial charge in [0.05, 0.1) is 0 Å². The Kier molecular flexibility index (Phi) is 4.50.